The largest absolute Gasteiger partial charge is 0.352 e. The Labute approximate surface area is 116 Å². The van der Waals surface area contributed by atoms with Gasteiger partial charge in [0.2, 0.25) is 0 Å². The number of aryl methyl sites for hydroxylation is 2. The number of hydrogen-bond donors (Lipinski definition) is 1. The fourth-order valence-corrected chi connectivity index (χ4v) is 3.16. The summed E-state index contributed by atoms with van der Waals surface area (Å²) in [5, 5.41) is 7.88. The molecule has 0 amide bonds. The first kappa shape index (κ1) is 14.3. The van der Waals surface area contributed by atoms with Crippen LogP contribution in [0.5, 0.6) is 0 Å². The molecule has 2 heterocycles. The zero-order chi connectivity index (χ0) is 14.0. The van der Waals surface area contributed by atoms with Gasteiger partial charge >= 0.3 is 0 Å². The number of likely N-dealkylation sites (N-methyl/N-ethyl adjacent to an activating group) is 1. The van der Waals surface area contributed by atoms with Gasteiger partial charge in [-0.3, -0.25) is 4.68 Å². The van der Waals surface area contributed by atoms with Gasteiger partial charge in [0.1, 0.15) is 5.82 Å². The van der Waals surface area contributed by atoms with Gasteiger partial charge in [0.15, 0.2) is 0 Å². The predicted octanol–water partition coefficient (Wildman–Crippen LogP) is 0.978. The van der Waals surface area contributed by atoms with E-state index in [0.29, 0.717) is 6.04 Å². The van der Waals surface area contributed by atoms with Crippen molar-refractivity contribution in [1.82, 2.24) is 20.0 Å². The van der Waals surface area contributed by atoms with Crippen LogP contribution in [0.25, 0.3) is 0 Å². The Morgan fingerprint density at radius 3 is 2.79 bits per heavy atom. The van der Waals surface area contributed by atoms with Crippen LogP contribution in [0.4, 0.5) is 5.82 Å². The third kappa shape index (κ3) is 2.92. The van der Waals surface area contributed by atoms with Gasteiger partial charge in [-0.25, -0.2) is 0 Å². The number of nitrogens with one attached hydrogen (secondary N) is 1. The molecule has 0 bridgehead atoms. The Hall–Kier alpha value is -1.07. The second-order valence-electron chi connectivity index (χ2n) is 5.79. The van der Waals surface area contributed by atoms with E-state index in [0.717, 1.165) is 25.3 Å². The molecule has 5 heteroatoms. The maximum atomic E-state index is 4.61. The Bertz CT molecular complexity index is 424. The van der Waals surface area contributed by atoms with Crippen molar-refractivity contribution >= 4 is 5.82 Å². The lowest BCUT2D eigenvalue weighted by Crippen LogP contribution is -2.39. The summed E-state index contributed by atoms with van der Waals surface area (Å²) in [6.45, 7) is 5.25. The first-order valence-corrected chi connectivity index (χ1v) is 7.13. The molecule has 0 saturated carbocycles. The number of anilines is 1. The summed E-state index contributed by atoms with van der Waals surface area (Å²) in [5.41, 5.74) is 2.48. The van der Waals surface area contributed by atoms with Crippen LogP contribution in [0.15, 0.2) is 0 Å². The lowest BCUT2D eigenvalue weighted by atomic mass is 10.2. The topological polar surface area (TPSA) is 36.3 Å². The summed E-state index contributed by atoms with van der Waals surface area (Å²) >= 11 is 0. The first-order chi connectivity index (χ1) is 9.04. The molecule has 0 radical (unpaired) electrons. The van der Waals surface area contributed by atoms with Gasteiger partial charge in [0, 0.05) is 38.3 Å². The monoisotopic (exact) mass is 265 g/mol. The second-order valence-corrected chi connectivity index (χ2v) is 5.79. The van der Waals surface area contributed by atoms with Gasteiger partial charge in [-0.1, -0.05) is 0 Å². The molecule has 1 aromatic heterocycles. The molecule has 1 atom stereocenters. The SMILES string of the molecule is CNCc1c(C)nn(C)c1N1CCCC1CN(C)C. The van der Waals surface area contributed by atoms with Crippen molar-refractivity contribution in [2.45, 2.75) is 32.4 Å². The van der Waals surface area contributed by atoms with Crippen LogP contribution < -0.4 is 10.2 Å². The van der Waals surface area contributed by atoms with E-state index >= 15 is 0 Å². The molecule has 19 heavy (non-hydrogen) atoms. The van der Waals surface area contributed by atoms with Crippen molar-refractivity contribution in [3.8, 4) is 0 Å². The highest BCUT2D eigenvalue weighted by molar-refractivity contribution is 5.52. The first-order valence-electron chi connectivity index (χ1n) is 7.13. The van der Waals surface area contributed by atoms with Crippen LogP contribution in [0.2, 0.25) is 0 Å². The van der Waals surface area contributed by atoms with E-state index in [2.05, 4.69) is 53.0 Å². The maximum Gasteiger partial charge on any atom is 0.131 e. The molecule has 1 aliphatic heterocycles. The maximum absolute atomic E-state index is 4.61. The summed E-state index contributed by atoms with van der Waals surface area (Å²) < 4.78 is 2.05. The molecular weight excluding hydrogens is 238 g/mol. The normalized spacial score (nSPS) is 19.7. The summed E-state index contributed by atoms with van der Waals surface area (Å²) in [6.07, 6.45) is 2.56. The molecule has 1 N–H and O–H groups in total. The Morgan fingerprint density at radius 1 is 1.42 bits per heavy atom. The number of nitrogens with zero attached hydrogens (tertiary/aromatic N) is 4. The smallest absolute Gasteiger partial charge is 0.131 e. The van der Waals surface area contributed by atoms with Crippen LogP contribution in [-0.4, -0.2) is 55.0 Å². The van der Waals surface area contributed by atoms with Gasteiger partial charge < -0.3 is 15.1 Å². The predicted molar refractivity (Wildman–Crippen MR) is 79.6 cm³/mol. The lowest BCUT2D eigenvalue weighted by molar-refractivity contribution is 0.370. The minimum atomic E-state index is 0.611. The molecule has 1 aromatic rings. The van der Waals surface area contributed by atoms with Crippen LogP contribution in [-0.2, 0) is 13.6 Å². The molecule has 5 nitrogen and oxygen atoms in total. The van der Waals surface area contributed by atoms with Crippen molar-refractivity contribution in [2.75, 3.05) is 39.1 Å². The van der Waals surface area contributed by atoms with Crippen molar-refractivity contribution in [1.29, 1.82) is 0 Å². The summed E-state index contributed by atoms with van der Waals surface area (Å²) in [6, 6.07) is 0.611. The molecule has 1 fully saturated rings. The second kappa shape index (κ2) is 5.92. The highest BCUT2D eigenvalue weighted by atomic mass is 15.4. The number of hydrogen-bond acceptors (Lipinski definition) is 4. The standard InChI is InChI=1S/C14H27N5/c1-11-13(9-15-2)14(18(5)16-11)19-8-6-7-12(19)10-17(3)4/h12,15H,6-10H2,1-5H3. The van der Waals surface area contributed by atoms with E-state index < -0.39 is 0 Å². The Morgan fingerprint density at radius 2 is 2.16 bits per heavy atom. The highest BCUT2D eigenvalue weighted by Crippen LogP contribution is 2.30. The van der Waals surface area contributed by atoms with Gasteiger partial charge in [0.05, 0.1) is 5.69 Å². The van der Waals surface area contributed by atoms with Crippen molar-refractivity contribution in [3.63, 3.8) is 0 Å². The van der Waals surface area contributed by atoms with Crippen LogP contribution in [0.3, 0.4) is 0 Å². The van der Waals surface area contributed by atoms with E-state index in [4.69, 9.17) is 0 Å². The molecule has 2 rings (SSSR count). The van der Waals surface area contributed by atoms with Crippen LogP contribution >= 0.6 is 0 Å². The zero-order valence-electron chi connectivity index (χ0n) is 12.9. The van der Waals surface area contributed by atoms with Gasteiger partial charge in [-0.05, 0) is 40.9 Å². The molecule has 1 unspecified atom stereocenters. The molecular formula is C14H27N5. The minimum Gasteiger partial charge on any atom is -0.352 e. The van der Waals surface area contributed by atoms with E-state index in [9.17, 15) is 0 Å². The average molecular weight is 265 g/mol. The molecule has 0 spiro atoms. The van der Waals surface area contributed by atoms with E-state index in [1.165, 1.54) is 24.2 Å². The number of aromatic nitrogens is 2. The van der Waals surface area contributed by atoms with Crippen molar-refractivity contribution in [2.24, 2.45) is 7.05 Å². The summed E-state index contributed by atoms with van der Waals surface area (Å²) in [5.74, 6) is 1.30. The third-order valence-corrected chi connectivity index (χ3v) is 3.89. The van der Waals surface area contributed by atoms with Gasteiger partial charge in [0.25, 0.3) is 0 Å². The third-order valence-electron chi connectivity index (χ3n) is 3.89. The van der Waals surface area contributed by atoms with Gasteiger partial charge in [-0.15, -0.1) is 0 Å². The van der Waals surface area contributed by atoms with Crippen LogP contribution in [0.1, 0.15) is 24.1 Å². The van der Waals surface area contributed by atoms with E-state index in [-0.39, 0.29) is 0 Å². The molecule has 1 aliphatic rings. The fraction of sp³-hybridized carbons (Fsp3) is 0.786. The van der Waals surface area contributed by atoms with Gasteiger partial charge in [-0.2, -0.15) is 5.10 Å². The van der Waals surface area contributed by atoms with E-state index in [1.807, 2.05) is 7.05 Å². The van der Waals surface area contributed by atoms with E-state index in [1.54, 1.807) is 0 Å². The fourth-order valence-electron chi connectivity index (χ4n) is 3.16. The Balaban J connectivity index is 2.29. The Kier molecular flexibility index (Phi) is 4.47. The van der Waals surface area contributed by atoms with Crippen molar-refractivity contribution < 1.29 is 0 Å². The number of rotatable bonds is 5. The summed E-state index contributed by atoms with van der Waals surface area (Å²) in [4.78, 5) is 4.83. The quantitative estimate of drug-likeness (QED) is 0.861. The molecule has 108 valence electrons. The summed E-state index contributed by atoms with van der Waals surface area (Å²) in [7, 11) is 8.36. The molecule has 0 aliphatic carbocycles. The lowest BCUT2D eigenvalue weighted by Gasteiger charge is -2.29. The zero-order valence-corrected chi connectivity index (χ0v) is 12.9. The van der Waals surface area contributed by atoms with Crippen LogP contribution in [0, 0.1) is 6.92 Å². The minimum absolute atomic E-state index is 0.611. The highest BCUT2D eigenvalue weighted by Gasteiger charge is 2.29. The molecule has 1 saturated heterocycles. The average Bonchev–Trinajstić information content (AvgIpc) is 2.85. The molecule has 0 aromatic carbocycles. The van der Waals surface area contributed by atoms with Crippen molar-refractivity contribution in [3.05, 3.63) is 11.3 Å².